The summed E-state index contributed by atoms with van der Waals surface area (Å²) in [5, 5.41) is 11.0. The van der Waals surface area contributed by atoms with Crippen LogP contribution in [0.15, 0.2) is 48.5 Å². The Bertz CT molecular complexity index is 728. The van der Waals surface area contributed by atoms with E-state index >= 15 is 0 Å². The van der Waals surface area contributed by atoms with Gasteiger partial charge in [-0.1, -0.05) is 36.4 Å². The molecule has 0 atom stereocenters. The second-order valence-electron chi connectivity index (χ2n) is 6.61. The molecular weight excluding hydrogens is 332 g/mol. The van der Waals surface area contributed by atoms with E-state index in [-0.39, 0.29) is 6.10 Å². The highest BCUT2D eigenvalue weighted by Crippen LogP contribution is 2.38. The Hall–Kier alpha value is -2.53. The van der Waals surface area contributed by atoms with Gasteiger partial charge in [0.2, 0.25) is 0 Å². The molecule has 0 aliphatic heterocycles. The summed E-state index contributed by atoms with van der Waals surface area (Å²) in [5.74, 6) is 0.825. The van der Waals surface area contributed by atoms with Crippen molar-refractivity contribution in [3.63, 3.8) is 0 Å². The minimum atomic E-state index is -0.881. The predicted molar refractivity (Wildman–Crippen MR) is 98.1 cm³/mol. The molecule has 2 aromatic rings. The summed E-state index contributed by atoms with van der Waals surface area (Å²) in [7, 11) is 2.95. The Morgan fingerprint density at radius 2 is 1.50 bits per heavy atom. The molecule has 138 valence electrons. The van der Waals surface area contributed by atoms with E-state index in [1.807, 2.05) is 48.5 Å². The minimum absolute atomic E-state index is 0.193. The van der Waals surface area contributed by atoms with Gasteiger partial charge in [0.15, 0.2) is 0 Å². The van der Waals surface area contributed by atoms with Crippen molar-refractivity contribution < 1.29 is 24.1 Å². The summed E-state index contributed by atoms with van der Waals surface area (Å²) < 4.78 is 14.9. The third-order valence-electron chi connectivity index (χ3n) is 5.03. The highest BCUT2D eigenvalue weighted by Gasteiger charge is 2.36. The van der Waals surface area contributed by atoms with E-state index in [0.717, 1.165) is 22.4 Å². The normalized spacial score (nSPS) is 22.5. The van der Waals surface area contributed by atoms with Crippen LogP contribution in [-0.4, -0.2) is 31.6 Å². The monoisotopic (exact) mass is 356 g/mol. The molecule has 0 unspecified atom stereocenters. The molecule has 0 radical (unpaired) electrons. The van der Waals surface area contributed by atoms with E-state index in [4.69, 9.17) is 9.47 Å². The quantitative estimate of drug-likeness (QED) is 0.829. The molecule has 0 bridgehead atoms. The van der Waals surface area contributed by atoms with Crippen LogP contribution in [0.5, 0.6) is 5.75 Å². The predicted octanol–water partition coefficient (Wildman–Crippen LogP) is 4.28. The third-order valence-corrected chi connectivity index (χ3v) is 5.03. The van der Waals surface area contributed by atoms with Gasteiger partial charge in [-0.3, -0.25) is 0 Å². The molecule has 1 N–H and O–H groups in total. The lowest BCUT2D eigenvalue weighted by atomic mass is 9.78. The van der Waals surface area contributed by atoms with Crippen LogP contribution in [0.2, 0.25) is 0 Å². The number of methoxy groups -OCH3 is 2. The van der Waals surface area contributed by atoms with E-state index < -0.39 is 11.8 Å². The first kappa shape index (κ1) is 18.3. The summed E-state index contributed by atoms with van der Waals surface area (Å²) in [4.78, 5) is 11.2. The minimum Gasteiger partial charge on any atom is -0.497 e. The fourth-order valence-corrected chi connectivity index (χ4v) is 3.42. The molecule has 1 aliphatic carbocycles. The molecular formula is C21H24O5. The van der Waals surface area contributed by atoms with Crippen molar-refractivity contribution in [1.82, 2.24) is 0 Å². The van der Waals surface area contributed by atoms with E-state index in [1.54, 1.807) is 7.11 Å². The first-order chi connectivity index (χ1) is 12.5. The van der Waals surface area contributed by atoms with Gasteiger partial charge in [-0.2, -0.15) is 0 Å². The third kappa shape index (κ3) is 3.99. The summed E-state index contributed by atoms with van der Waals surface area (Å²) in [6.45, 7) is 0. The van der Waals surface area contributed by atoms with E-state index in [2.05, 4.69) is 4.74 Å². The van der Waals surface area contributed by atoms with Gasteiger partial charge in [-0.15, -0.1) is 0 Å². The number of hydrogen-bond acceptors (Lipinski definition) is 5. The summed E-state index contributed by atoms with van der Waals surface area (Å²) >= 11 is 0. The summed E-state index contributed by atoms with van der Waals surface area (Å²) in [6, 6.07) is 15.9. The molecule has 0 spiro atoms. The van der Waals surface area contributed by atoms with Crippen LogP contribution in [0, 0.1) is 0 Å². The van der Waals surface area contributed by atoms with E-state index in [1.165, 1.54) is 7.11 Å². The zero-order chi connectivity index (χ0) is 18.6. The largest absolute Gasteiger partial charge is 0.508 e. The molecule has 1 fully saturated rings. The second kappa shape index (κ2) is 7.79. The Kier molecular flexibility index (Phi) is 5.47. The van der Waals surface area contributed by atoms with Gasteiger partial charge >= 0.3 is 6.16 Å². The first-order valence-corrected chi connectivity index (χ1v) is 8.76. The standard InChI is InChI=1S/C21H24O5/c1-24-18-9-5-16(6-10-18)15-3-7-17(8-4-15)21(23)13-11-19(12-14-21)26-20(22)25-2/h3-10,19,23H,11-14H2,1-2H3. The fraction of sp³-hybridized carbons (Fsp3) is 0.381. The van der Waals surface area contributed by atoms with Crippen molar-refractivity contribution in [2.24, 2.45) is 0 Å². The molecule has 0 heterocycles. The Balaban J connectivity index is 1.67. The van der Waals surface area contributed by atoms with Crippen LogP contribution in [-0.2, 0) is 15.1 Å². The maximum Gasteiger partial charge on any atom is 0.508 e. The van der Waals surface area contributed by atoms with Crippen LogP contribution < -0.4 is 4.74 Å². The molecule has 1 aliphatic rings. The second-order valence-corrected chi connectivity index (χ2v) is 6.61. The molecule has 0 aromatic heterocycles. The molecule has 26 heavy (non-hydrogen) atoms. The topological polar surface area (TPSA) is 65.0 Å². The fourth-order valence-electron chi connectivity index (χ4n) is 3.42. The first-order valence-electron chi connectivity index (χ1n) is 8.76. The molecule has 0 amide bonds. The Morgan fingerprint density at radius 1 is 0.962 bits per heavy atom. The molecule has 2 aromatic carbocycles. The van der Waals surface area contributed by atoms with Gasteiger partial charge < -0.3 is 19.3 Å². The maximum absolute atomic E-state index is 11.2. The maximum atomic E-state index is 11.2. The number of rotatable bonds is 4. The highest BCUT2D eigenvalue weighted by molar-refractivity contribution is 5.64. The summed E-state index contributed by atoms with van der Waals surface area (Å²) in [5.41, 5.74) is 2.20. The molecule has 3 rings (SSSR count). The average Bonchev–Trinajstić information content (AvgIpc) is 2.70. The van der Waals surface area contributed by atoms with Gasteiger partial charge in [0, 0.05) is 0 Å². The van der Waals surface area contributed by atoms with E-state index in [0.29, 0.717) is 25.7 Å². The Labute approximate surface area is 153 Å². The van der Waals surface area contributed by atoms with Crippen molar-refractivity contribution >= 4 is 6.16 Å². The zero-order valence-electron chi connectivity index (χ0n) is 15.1. The average molecular weight is 356 g/mol. The molecule has 0 saturated heterocycles. The number of hydrogen-bond donors (Lipinski definition) is 1. The van der Waals surface area contributed by atoms with Crippen LogP contribution >= 0.6 is 0 Å². The van der Waals surface area contributed by atoms with Gasteiger partial charge in [0.1, 0.15) is 11.9 Å². The van der Waals surface area contributed by atoms with Crippen molar-refractivity contribution in [2.45, 2.75) is 37.4 Å². The lowest BCUT2D eigenvalue weighted by Crippen LogP contribution is -2.35. The van der Waals surface area contributed by atoms with Gasteiger partial charge in [0.25, 0.3) is 0 Å². The van der Waals surface area contributed by atoms with Gasteiger partial charge in [-0.25, -0.2) is 4.79 Å². The van der Waals surface area contributed by atoms with Crippen LogP contribution in [0.3, 0.4) is 0 Å². The van der Waals surface area contributed by atoms with Crippen molar-refractivity contribution in [3.8, 4) is 16.9 Å². The SMILES string of the molecule is COC(=O)OC1CCC(O)(c2ccc(-c3ccc(OC)cc3)cc2)CC1. The summed E-state index contributed by atoms with van der Waals surface area (Å²) in [6.07, 6.45) is 1.48. The number of ether oxygens (including phenoxy) is 3. The van der Waals surface area contributed by atoms with Crippen molar-refractivity contribution in [3.05, 3.63) is 54.1 Å². The number of carbonyl (C=O) groups is 1. The van der Waals surface area contributed by atoms with Crippen molar-refractivity contribution in [2.75, 3.05) is 14.2 Å². The molecule has 5 nitrogen and oxygen atoms in total. The van der Waals surface area contributed by atoms with Crippen LogP contribution in [0.25, 0.3) is 11.1 Å². The number of aliphatic hydroxyl groups is 1. The highest BCUT2D eigenvalue weighted by atomic mass is 16.7. The number of benzene rings is 2. The van der Waals surface area contributed by atoms with Crippen molar-refractivity contribution in [1.29, 1.82) is 0 Å². The molecule has 1 saturated carbocycles. The van der Waals surface area contributed by atoms with Crippen LogP contribution in [0.4, 0.5) is 4.79 Å². The number of carbonyl (C=O) groups excluding carboxylic acids is 1. The smallest absolute Gasteiger partial charge is 0.497 e. The zero-order valence-corrected chi connectivity index (χ0v) is 15.1. The van der Waals surface area contributed by atoms with Gasteiger partial charge in [-0.05, 0) is 54.5 Å². The lowest BCUT2D eigenvalue weighted by molar-refractivity contribution is -0.0508. The Morgan fingerprint density at radius 3 is 2.00 bits per heavy atom. The van der Waals surface area contributed by atoms with Crippen LogP contribution in [0.1, 0.15) is 31.2 Å². The molecule has 5 heteroatoms. The van der Waals surface area contributed by atoms with E-state index in [9.17, 15) is 9.90 Å². The van der Waals surface area contributed by atoms with Gasteiger partial charge in [0.05, 0.1) is 19.8 Å². The lowest BCUT2D eigenvalue weighted by Gasteiger charge is -2.36.